The standard InChI is InChI=1S/C27H24O3/c1-27(2,22-16-9-10-18-24(22)28)23-17-11-19-25(29-20-12-5-3-6-13-20)26(23)30-21-14-7-4-8-15-21/h3-19,28H,1-2H3. The fourth-order valence-electron chi connectivity index (χ4n) is 3.56. The molecule has 0 aliphatic carbocycles. The number of aromatic hydroxyl groups is 1. The van der Waals surface area contributed by atoms with E-state index in [1.165, 1.54) is 0 Å². The number of ether oxygens (including phenoxy) is 2. The Hall–Kier alpha value is -3.72. The van der Waals surface area contributed by atoms with Crippen LogP contribution in [0.2, 0.25) is 0 Å². The van der Waals surface area contributed by atoms with Gasteiger partial charge in [0.15, 0.2) is 11.5 Å². The Kier molecular flexibility index (Phi) is 5.44. The van der Waals surface area contributed by atoms with Crippen LogP contribution < -0.4 is 9.47 Å². The molecule has 0 aliphatic rings. The summed E-state index contributed by atoms with van der Waals surface area (Å²) in [6.07, 6.45) is 0. The first-order chi connectivity index (χ1) is 14.6. The highest BCUT2D eigenvalue weighted by molar-refractivity contribution is 5.57. The van der Waals surface area contributed by atoms with Gasteiger partial charge in [-0.2, -0.15) is 0 Å². The molecule has 0 atom stereocenters. The molecule has 0 amide bonds. The summed E-state index contributed by atoms with van der Waals surface area (Å²) in [6.45, 7) is 4.14. The SMILES string of the molecule is CC(C)(c1ccccc1O)c1cccc(Oc2ccccc2)c1Oc1ccccc1. The van der Waals surface area contributed by atoms with E-state index in [2.05, 4.69) is 13.8 Å². The van der Waals surface area contributed by atoms with E-state index in [4.69, 9.17) is 9.47 Å². The van der Waals surface area contributed by atoms with E-state index >= 15 is 0 Å². The van der Waals surface area contributed by atoms with E-state index in [1.54, 1.807) is 6.07 Å². The molecule has 0 aromatic heterocycles. The van der Waals surface area contributed by atoms with Crippen LogP contribution in [0, 0.1) is 0 Å². The molecule has 0 saturated carbocycles. The fourth-order valence-corrected chi connectivity index (χ4v) is 3.56. The Morgan fingerprint density at radius 1 is 0.567 bits per heavy atom. The molecule has 0 aliphatic heterocycles. The zero-order chi connectivity index (χ0) is 21.0. The number of para-hydroxylation sites is 4. The van der Waals surface area contributed by atoms with Crippen molar-refractivity contribution in [1.29, 1.82) is 0 Å². The fraction of sp³-hybridized carbons (Fsp3) is 0.111. The highest BCUT2D eigenvalue weighted by Gasteiger charge is 2.31. The molecule has 0 radical (unpaired) electrons. The highest BCUT2D eigenvalue weighted by atomic mass is 16.5. The van der Waals surface area contributed by atoms with Gasteiger partial charge in [-0.1, -0.05) is 80.6 Å². The van der Waals surface area contributed by atoms with Crippen LogP contribution in [0.5, 0.6) is 28.7 Å². The van der Waals surface area contributed by atoms with Crippen molar-refractivity contribution in [3.8, 4) is 28.7 Å². The predicted octanol–water partition coefficient (Wildman–Crippen LogP) is 7.30. The Morgan fingerprint density at radius 2 is 1.10 bits per heavy atom. The molecule has 3 heteroatoms. The second-order valence-corrected chi connectivity index (χ2v) is 7.61. The van der Waals surface area contributed by atoms with Gasteiger partial charge in [0.1, 0.15) is 17.2 Å². The number of hydrogen-bond donors (Lipinski definition) is 1. The number of phenolic OH excluding ortho intramolecular Hbond substituents is 1. The topological polar surface area (TPSA) is 38.7 Å². The third-order valence-corrected chi connectivity index (χ3v) is 5.16. The molecular formula is C27H24O3. The molecule has 4 aromatic rings. The number of hydrogen-bond acceptors (Lipinski definition) is 3. The molecular weight excluding hydrogens is 372 g/mol. The Labute approximate surface area is 177 Å². The van der Waals surface area contributed by atoms with Crippen LogP contribution in [0.3, 0.4) is 0 Å². The van der Waals surface area contributed by atoms with Crippen molar-refractivity contribution in [3.63, 3.8) is 0 Å². The van der Waals surface area contributed by atoms with Gasteiger partial charge in [-0.3, -0.25) is 0 Å². The second-order valence-electron chi connectivity index (χ2n) is 7.61. The first kappa shape index (κ1) is 19.6. The molecule has 0 spiro atoms. The minimum Gasteiger partial charge on any atom is -0.508 e. The van der Waals surface area contributed by atoms with Crippen molar-refractivity contribution in [2.24, 2.45) is 0 Å². The summed E-state index contributed by atoms with van der Waals surface area (Å²) in [5.41, 5.74) is 1.21. The van der Waals surface area contributed by atoms with Crippen molar-refractivity contribution in [2.75, 3.05) is 0 Å². The van der Waals surface area contributed by atoms with Crippen LogP contribution in [0.15, 0.2) is 103 Å². The average Bonchev–Trinajstić information content (AvgIpc) is 2.76. The van der Waals surface area contributed by atoms with Crippen LogP contribution in [0.1, 0.15) is 25.0 Å². The van der Waals surface area contributed by atoms with Crippen molar-refractivity contribution in [2.45, 2.75) is 19.3 Å². The Bertz CT molecular complexity index is 1120. The third kappa shape index (κ3) is 4.01. The van der Waals surface area contributed by atoms with E-state index in [0.717, 1.165) is 22.6 Å². The number of benzene rings is 4. The van der Waals surface area contributed by atoms with E-state index in [9.17, 15) is 5.11 Å². The summed E-state index contributed by atoms with van der Waals surface area (Å²) in [5, 5.41) is 10.5. The monoisotopic (exact) mass is 396 g/mol. The van der Waals surface area contributed by atoms with Gasteiger partial charge in [-0.05, 0) is 36.4 Å². The van der Waals surface area contributed by atoms with Crippen LogP contribution in [-0.2, 0) is 5.41 Å². The summed E-state index contributed by atoms with van der Waals surface area (Å²) in [4.78, 5) is 0. The molecule has 0 fully saturated rings. The van der Waals surface area contributed by atoms with Crippen LogP contribution in [0.25, 0.3) is 0 Å². The van der Waals surface area contributed by atoms with Crippen LogP contribution in [0.4, 0.5) is 0 Å². The molecule has 0 unspecified atom stereocenters. The lowest BCUT2D eigenvalue weighted by Gasteiger charge is -2.29. The van der Waals surface area contributed by atoms with E-state index in [1.807, 2.05) is 97.1 Å². The lowest BCUT2D eigenvalue weighted by Crippen LogP contribution is -2.20. The maximum absolute atomic E-state index is 10.5. The predicted molar refractivity (Wildman–Crippen MR) is 120 cm³/mol. The average molecular weight is 396 g/mol. The van der Waals surface area contributed by atoms with Crippen molar-refractivity contribution < 1.29 is 14.6 Å². The maximum atomic E-state index is 10.5. The summed E-state index contributed by atoms with van der Waals surface area (Å²) in [6, 6.07) is 32.5. The first-order valence-electron chi connectivity index (χ1n) is 9.93. The second kappa shape index (κ2) is 8.34. The molecule has 0 heterocycles. The van der Waals surface area contributed by atoms with Crippen molar-refractivity contribution >= 4 is 0 Å². The summed E-state index contributed by atoms with van der Waals surface area (Å²) >= 11 is 0. The zero-order valence-corrected chi connectivity index (χ0v) is 17.1. The molecule has 4 rings (SSSR count). The Morgan fingerprint density at radius 3 is 1.73 bits per heavy atom. The first-order valence-corrected chi connectivity index (χ1v) is 9.93. The van der Waals surface area contributed by atoms with E-state index in [-0.39, 0.29) is 5.75 Å². The molecule has 3 nitrogen and oxygen atoms in total. The van der Waals surface area contributed by atoms with Crippen LogP contribution in [-0.4, -0.2) is 5.11 Å². The maximum Gasteiger partial charge on any atom is 0.174 e. The number of rotatable bonds is 6. The van der Waals surface area contributed by atoms with Gasteiger partial charge in [0.05, 0.1) is 0 Å². The van der Waals surface area contributed by atoms with E-state index in [0.29, 0.717) is 11.5 Å². The van der Waals surface area contributed by atoms with E-state index < -0.39 is 5.41 Å². The molecule has 30 heavy (non-hydrogen) atoms. The van der Waals surface area contributed by atoms with Gasteiger partial charge in [-0.25, -0.2) is 0 Å². The quantitative estimate of drug-likeness (QED) is 0.371. The molecule has 150 valence electrons. The zero-order valence-electron chi connectivity index (χ0n) is 17.1. The number of phenols is 1. The van der Waals surface area contributed by atoms with Crippen molar-refractivity contribution in [3.05, 3.63) is 114 Å². The smallest absolute Gasteiger partial charge is 0.174 e. The summed E-state index contributed by atoms with van der Waals surface area (Å²) in [5.74, 6) is 2.94. The van der Waals surface area contributed by atoms with Gasteiger partial charge in [-0.15, -0.1) is 0 Å². The Balaban J connectivity index is 1.85. The minimum absolute atomic E-state index is 0.252. The van der Waals surface area contributed by atoms with Crippen LogP contribution >= 0.6 is 0 Å². The largest absolute Gasteiger partial charge is 0.508 e. The molecule has 0 saturated heterocycles. The van der Waals surface area contributed by atoms with Gasteiger partial charge in [0, 0.05) is 16.5 Å². The highest BCUT2D eigenvalue weighted by Crippen LogP contribution is 2.46. The lowest BCUT2D eigenvalue weighted by molar-refractivity contribution is 0.403. The third-order valence-electron chi connectivity index (χ3n) is 5.16. The van der Waals surface area contributed by atoms with Crippen molar-refractivity contribution in [1.82, 2.24) is 0 Å². The minimum atomic E-state index is -0.522. The van der Waals surface area contributed by atoms with Gasteiger partial charge in [0.25, 0.3) is 0 Å². The molecule has 0 bridgehead atoms. The summed E-state index contributed by atoms with van der Waals surface area (Å²) < 4.78 is 12.6. The van der Waals surface area contributed by atoms with Gasteiger partial charge >= 0.3 is 0 Å². The molecule has 1 N–H and O–H groups in total. The molecule has 4 aromatic carbocycles. The lowest BCUT2D eigenvalue weighted by atomic mass is 9.77. The van der Waals surface area contributed by atoms with Gasteiger partial charge < -0.3 is 14.6 Å². The van der Waals surface area contributed by atoms with Gasteiger partial charge in [0.2, 0.25) is 0 Å². The normalized spacial score (nSPS) is 11.1. The summed E-state index contributed by atoms with van der Waals surface area (Å²) in [7, 11) is 0.